The highest BCUT2D eigenvalue weighted by Gasteiger charge is 2.21. The van der Waals surface area contributed by atoms with E-state index in [0.717, 1.165) is 6.20 Å². The van der Waals surface area contributed by atoms with Crippen LogP contribution in [0, 0.1) is 11.3 Å². The second kappa shape index (κ2) is 9.81. The number of hydrogen-bond acceptors (Lipinski definition) is 7. The second-order valence-electron chi connectivity index (χ2n) is 5.03. The second-order valence-corrected chi connectivity index (χ2v) is 7.58. The Kier molecular flexibility index (Phi) is 8.11. The van der Waals surface area contributed by atoms with Crippen molar-refractivity contribution in [1.82, 2.24) is 5.32 Å². The van der Waals surface area contributed by atoms with Gasteiger partial charge in [0.15, 0.2) is 0 Å². The Morgan fingerprint density at radius 2 is 2.00 bits per heavy atom. The first kappa shape index (κ1) is 21.5. The molecule has 1 rings (SSSR count). The molecule has 1 aromatic carbocycles. The number of carbonyl (C=O) groups excluding carboxylic acids is 1. The highest BCUT2D eigenvalue weighted by atomic mass is 32.2. The number of sulfonamides is 1. The molecule has 0 aliphatic rings. The van der Waals surface area contributed by atoms with Crippen LogP contribution in [0.5, 0.6) is 0 Å². The standard InChI is InChI=1S/C15H18N4O5S2/c1-25-7-6-13(15(21)22)19-14(20)10(8-16)9-18-11-2-4-12(5-3-11)26(17,23)24/h2-5,9,13,18H,6-7H2,1H3,(H,19,20)(H,21,22)(H2,17,23,24)/b10-9-. The molecule has 0 heterocycles. The zero-order valence-corrected chi connectivity index (χ0v) is 15.4. The molecule has 1 unspecified atom stereocenters. The number of aliphatic carboxylic acids is 1. The first-order valence-corrected chi connectivity index (χ1v) is 10.2. The zero-order chi connectivity index (χ0) is 19.7. The third-order valence-electron chi connectivity index (χ3n) is 3.15. The molecule has 5 N–H and O–H groups in total. The number of amides is 1. The quantitative estimate of drug-likeness (QED) is 0.345. The maximum absolute atomic E-state index is 12.1. The van der Waals surface area contributed by atoms with Gasteiger partial charge in [0.2, 0.25) is 10.0 Å². The molecule has 0 fully saturated rings. The molecule has 1 amide bonds. The van der Waals surface area contributed by atoms with Gasteiger partial charge in [-0.25, -0.2) is 18.4 Å². The molecule has 9 nitrogen and oxygen atoms in total. The van der Waals surface area contributed by atoms with Gasteiger partial charge in [0.25, 0.3) is 5.91 Å². The van der Waals surface area contributed by atoms with E-state index in [1.807, 2.05) is 6.26 Å². The van der Waals surface area contributed by atoms with Crippen molar-refractivity contribution >= 4 is 39.3 Å². The molecule has 1 atom stereocenters. The molecule has 0 bridgehead atoms. The first-order valence-electron chi connectivity index (χ1n) is 7.21. The summed E-state index contributed by atoms with van der Waals surface area (Å²) in [6.45, 7) is 0. The fourth-order valence-corrected chi connectivity index (χ4v) is 2.76. The van der Waals surface area contributed by atoms with E-state index in [2.05, 4.69) is 10.6 Å². The third kappa shape index (κ3) is 6.75. The number of nitrogens with one attached hydrogen (secondary N) is 2. The smallest absolute Gasteiger partial charge is 0.326 e. The van der Waals surface area contributed by atoms with Crippen LogP contribution in [0.15, 0.2) is 40.9 Å². The van der Waals surface area contributed by atoms with Crippen LogP contribution >= 0.6 is 11.8 Å². The van der Waals surface area contributed by atoms with Crippen LogP contribution in [-0.4, -0.2) is 43.5 Å². The van der Waals surface area contributed by atoms with Gasteiger partial charge in [-0.2, -0.15) is 17.0 Å². The predicted molar refractivity (Wildman–Crippen MR) is 97.7 cm³/mol. The number of nitriles is 1. The lowest BCUT2D eigenvalue weighted by Gasteiger charge is -2.13. The normalized spacial score (nSPS) is 12.7. The Labute approximate surface area is 155 Å². The maximum Gasteiger partial charge on any atom is 0.326 e. The topological polar surface area (TPSA) is 162 Å². The highest BCUT2D eigenvalue weighted by Crippen LogP contribution is 2.13. The Morgan fingerprint density at radius 1 is 1.38 bits per heavy atom. The number of rotatable bonds is 9. The van der Waals surface area contributed by atoms with E-state index in [1.165, 1.54) is 36.0 Å². The van der Waals surface area contributed by atoms with Crippen LogP contribution < -0.4 is 15.8 Å². The molecule has 0 spiro atoms. The molecular weight excluding hydrogens is 380 g/mol. The summed E-state index contributed by atoms with van der Waals surface area (Å²) in [5.41, 5.74) is 0.0889. The molecule has 1 aromatic rings. The summed E-state index contributed by atoms with van der Waals surface area (Å²) < 4.78 is 22.4. The maximum atomic E-state index is 12.1. The van der Waals surface area contributed by atoms with E-state index >= 15 is 0 Å². The van der Waals surface area contributed by atoms with Crippen LogP contribution in [0.3, 0.4) is 0 Å². The summed E-state index contributed by atoms with van der Waals surface area (Å²) in [7, 11) is -3.82. The van der Waals surface area contributed by atoms with Crippen molar-refractivity contribution in [2.24, 2.45) is 5.14 Å². The van der Waals surface area contributed by atoms with Gasteiger partial charge in [0.1, 0.15) is 17.7 Å². The lowest BCUT2D eigenvalue weighted by Crippen LogP contribution is -2.41. The number of anilines is 1. The zero-order valence-electron chi connectivity index (χ0n) is 13.8. The first-order chi connectivity index (χ1) is 12.2. The van der Waals surface area contributed by atoms with Crippen molar-refractivity contribution in [3.05, 3.63) is 36.0 Å². The number of carbonyl (C=O) groups is 2. The molecule has 0 aromatic heterocycles. The number of primary sulfonamides is 1. The summed E-state index contributed by atoms with van der Waals surface area (Å²) in [6.07, 6.45) is 3.14. The van der Waals surface area contributed by atoms with Crippen LogP contribution in [0.25, 0.3) is 0 Å². The van der Waals surface area contributed by atoms with Crippen molar-refractivity contribution in [2.45, 2.75) is 17.4 Å². The average molecular weight is 398 g/mol. The molecule has 140 valence electrons. The van der Waals surface area contributed by atoms with Gasteiger partial charge in [-0.05, 0) is 42.7 Å². The van der Waals surface area contributed by atoms with Gasteiger partial charge in [-0.3, -0.25) is 4.79 Å². The molecule has 11 heteroatoms. The van der Waals surface area contributed by atoms with E-state index in [9.17, 15) is 18.0 Å². The minimum atomic E-state index is -3.82. The van der Waals surface area contributed by atoms with Gasteiger partial charge in [-0.1, -0.05) is 0 Å². The van der Waals surface area contributed by atoms with Crippen molar-refractivity contribution < 1.29 is 23.1 Å². The largest absolute Gasteiger partial charge is 0.480 e. The predicted octanol–water partition coefficient (Wildman–Crippen LogP) is 0.476. The summed E-state index contributed by atoms with van der Waals surface area (Å²) >= 11 is 1.44. The van der Waals surface area contributed by atoms with Gasteiger partial charge in [0.05, 0.1) is 4.90 Å². The van der Waals surface area contributed by atoms with Crippen LogP contribution in [0.2, 0.25) is 0 Å². The fourth-order valence-electron chi connectivity index (χ4n) is 1.77. The third-order valence-corrected chi connectivity index (χ3v) is 4.72. The van der Waals surface area contributed by atoms with Gasteiger partial charge in [-0.15, -0.1) is 0 Å². The van der Waals surface area contributed by atoms with Gasteiger partial charge >= 0.3 is 5.97 Å². The molecular formula is C15H18N4O5S2. The monoisotopic (exact) mass is 398 g/mol. The van der Waals surface area contributed by atoms with E-state index in [-0.39, 0.29) is 16.9 Å². The SMILES string of the molecule is CSCCC(NC(=O)/C(C#N)=C\Nc1ccc(S(N)(=O)=O)cc1)C(=O)O. The summed E-state index contributed by atoms with van der Waals surface area (Å²) in [6, 6.07) is 5.92. The summed E-state index contributed by atoms with van der Waals surface area (Å²) in [5, 5.41) is 28.1. The molecule has 0 saturated heterocycles. The summed E-state index contributed by atoms with van der Waals surface area (Å²) in [5.74, 6) is -1.47. The summed E-state index contributed by atoms with van der Waals surface area (Å²) in [4.78, 5) is 23.1. The Hall–Kier alpha value is -2.55. The number of nitrogens with zero attached hydrogens (tertiary/aromatic N) is 1. The Balaban J connectivity index is 2.82. The number of carboxylic acids is 1. The lowest BCUT2D eigenvalue weighted by atomic mass is 10.2. The molecule has 0 radical (unpaired) electrons. The number of hydrogen-bond donors (Lipinski definition) is 4. The fraction of sp³-hybridized carbons (Fsp3) is 0.267. The van der Waals surface area contributed by atoms with Gasteiger partial charge < -0.3 is 15.7 Å². The van der Waals surface area contributed by atoms with E-state index < -0.39 is 27.9 Å². The number of benzene rings is 1. The minimum Gasteiger partial charge on any atom is -0.480 e. The van der Waals surface area contributed by atoms with E-state index in [1.54, 1.807) is 6.07 Å². The van der Waals surface area contributed by atoms with Crippen LogP contribution in [0.1, 0.15) is 6.42 Å². The van der Waals surface area contributed by atoms with Crippen molar-refractivity contribution in [2.75, 3.05) is 17.3 Å². The van der Waals surface area contributed by atoms with Crippen LogP contribution in [0.4, 0.5) is 5.69 Å². The van der Waals surface area contributed by atoms with E-state index in [4.69, 9.17) is 15.5 Å². The number of thioether (sulfide) groups is 1. The minimum absolute atomic E-state index is 0.0802. The molecule has 0 aliphatic heterocycles. The Bertz CT molecular complexity index is 829. The average Bonchev–Trinajstić information content (AvgIpc) is 2.58. The molecule has 0 saturated carbocycles. The molecule has 0 aliphatic carbocycles. The molecule has 26 heavy (non-hydrogen) atoms. The number of carboxylic acid groups (broad SMARTS) is 1. The highest BCUT2D eigenvalue weighted by molar-refractivity contribution is 7.98. The van der Waals surface area contributed by atoms with Gasteiger partial charge in [0, 0.05) is 11.9 Å². The Morgan fingerprint density at radius 3 is 2.46 bits per heavy atom. The van der Waals surface area contributed by atoms with Crippen molar-refractivity contribution in [3.8, 4) is 6.07 Å². The van der Waals surface area contributed by atoms with E-state index in [0.29, 0.717) is 11.4 Å². The van der Waals surface area contributed by atoms with Crippen molar-refractivity contribution in [1.29, 1.82) is 5.26 Å². The lowest BCUT2D eigenvalue weighted by molar-refractivity contribution is -0.141. The van der Waals surface area contributed by atoms with Crippen molar-refractivity contribution in [3.63, 3.8) is 0 Å². The number of nitrogens with two attached hydrogens (primary N) is 1. The van der Waals surface area contributed by atoms with Crippen LogP contribution in [-0.2, 0) is 19.6 Å².